The van der Waals surface area contributed by atoms with E-state index in [1.165, 1.54) is 0 Å². The lowest BCUT2D eigenvalue weighted by Gasteiger charge is -2.11. The molecule has 0 aliphatic carbocycles. The molecule has 1 rings (SSSR count). The third-order valence-corrected chi connectivity index (χ3v) is 2.39. The zero-order chi connectivity index (χ0) is 13.4. The van der Waals surface area contributed by atoms with E-state index in [0.717, 1.165) is 5.56 Å². The van der Waals surface area contributed by atoms with E-state index < -0.39 is 17.9 Å². The Morgan fingerprint density at radius 3 is 2.61 bits per heavy atom. The fourth-order valence-electron chi connectivity index (χ4n) is 1.54. The van der Waals surface area contributed by atoms with Crippen LogP contribution >= 0.6 is 0 Å². The first-order chi connectivity index (χ1) is 8.63. The van der Waals surface area contributed by atoms with Crippen LogP contribution in [0.1, 0.15) is 12.0 Å². The highest BCUT2D eigenvalue weighted by Crippen LogP contribution is 2.05. The van der Waals surface area contributed by atoms with E-state index in [1.807, 2.05) is 30.3 Å². The highest BCUT2D eigenvalue weighted by molar-refractivity contribution is 6.28. The van der Waals surface area contributed by atoms with E-state index >= 15 is 0 Å². The summed E-state index contributed by atoms with van der Waals surface area (Å²) in [4.78, 5) is 24.6. The van der Waals surface area contributed by atoms with Crippen LogP contribution in [0.5, 0.6) is 0 Å². The number of nitrogens with one attached hydrogen (secondary N) is 1. The molecule has 1 aromatic rings. The Morgan fingerprint density at radius 1 is 1.39 bits per heavy atom. The van der Waals surface area contributed by atoms with Crippen molar-refractivity contribution in [2.45, 2.75) is 18.9 Å². The highest BCUT2D eigenvalue weighted by Gasteiger charge is 2.21. The average molecular weight is 247 g/mol. The SMILES string of the molecule is [N-]=[N+]=CC(=O)[C@H](CCc1ccccc1)NC(=O)O. The van der Waals surface area contributed by atoms with Crippen LogP contribution in [0.15, 0.2) is 30.3 Å². The normalized spacial score (nSPS) is 11.1. The molecule has 0 unspecified atom stereocenters. The molecule has 1 atom stereocenters. The molecule has 0 heterocycles. The first-order valence-electron chi connectivity index (χ1n) is 5.38. The molecule has 6 nitrogen and oxygen atoms in total. The summed E-state index contributed by atoms with van der Waals surface area (Å²) in [5, 5.41) is 10.7. The van der Waals surface area contributed by atoms with Crippen molar-refractivity contribution >= 4 is 18.1 Å². The molecule has 0 fully saturated rings. The van der Waals surface area contributed by atoms with Gasteiger partial charge in [-0.15, -0.1) is 0 Å². The molecule has 0 bridgehead atoms. The van der Waals surface area contributed by atoms with E-state index in [1.54, 1.807) is 0 Å². The first kappa shape index (κ1) is 13.6. The van der Waals surface area contributed by atoms with Gasteiger partial charge in [0.05, 0.1) is 0 Å². The van der Waals surface area contributed by atoms with Crippen LogP contribution < -0.4 is 5.32 Å². The van der Waals surface area contributed by atoms with E-state index in [-0.39, 0.29) is 0 Å². The minimum absolute atomic E-state index is 0.307. The molecule has 0 aliphatic rings. The summed E-state index contributed by atoms with van der Waals surface area (Å²) < 4.78 is 0. The molecule has 0 saturated heterocycles. The van der Waals surface area contributed by atoms with E-state index in [0.29, 0.717) is 19.1 Å². The number of hydrogen-bond donors (Lipinski definition) is 2. The van der Waals surface area contributed by atoms with Gasteiger partial charge in [0.25, 0.3) is 5.78 Å². The van der Waals surface area contributed by atoms with Crippen molar-refractivity contribution in [2.75, 3.05) is 0 Å². The van der Waals surface area contributed by atoms with Crippen LogP contribution in [-0.4, -0.2) is 34.0 Å². The maximum atomic E-state index is 11.5. The van der Waals surface area contributed by atoms with Crippen molar-refractivity contribution in [3.63, 3.8) is 0 Å². The van der Waals surface area contributed by atoms with Crippen LogP contribution in [0.2, 0.25) is 0 Å². The Hall–Kier alpha value is -2.46. The van der Waals surface area contributed by atoms with E-state index in [9.17, 15) is 9.59 Å². The number of carbonyl (C=O) groups excluding carboxylic acids is 1. The van der Waals surface area contributed by atoms with Gasteiger partial charge in [0, 0.05) is 0 Å². The topological polar surface area (TPSA) is 103 Å². The minimum Gasteiger partial charge on any atom is -0.465 e. The molecule has 6 heteroatoms. The van der Waals surface area contributed by atoms with Gasteiger partial charge in [-0.3, -0.25) is 4.79 Å². The molecule has 18 heavy (non-hydrogen) atoms. The number of carboxylic acid groups (broad SMARTS) is 1. The van der Waals surface area contributed by atoms with Crippen molar-refractivity contribution in [1.29, 1.82) is 0 Å². The fraction of sp³-hybridized carbons (Fsp3) is 0.250. The average Bonchev–Trinajstić information content (AvgIpc) is 2.35. The molecule has 0 radical (unpaired) electrons. The minimum atomic E-state index is -1.28. The highest BCUT2D eigenvalue weighted by atomic mass is 16.4. The second-order valence-corrected chi connectivity index (χ2v) is 3.67. The van der Waals surface area contributed by atoms with Crippen LogP contribution in [0.25, 0.3) is 5.53 Å². The van der Waals surface area contributed by atoms with E-state index in [4.69, 9.17) is 10.6 Å². The standard InChI is InChI=1S/C12H13N3O3/c13-14-8-11(16)10(15-12(17)18)7-6-9-4-2-1-3-5-9/h1-5,8,10,15H,6-7H2,(H,17,18)/t10-/m0/s1. The van der Waals surface area contributed by atoms with Gasteiger partial charge < -0.3 is 16.0 Å². The zero-order valence-corrected chi connectivity index (χ0v) is 9.61. The lowest BCUT2D eigenvalue weighted by molar-refractivity contribution is -0.117. The maximum absolute atomic E-state index is 11.5. The second-order valence-electron chi connectivity index (χ2n) is 3.67. The number of aryl methyl sites for hydroxylation is 1. The molecule has 0 aliphatic heterocycles. The van der Waals surface area contributed by atoms with Crippen molar-refractivity contribution in [2.24, 2.45) is 0 Å². The zero-order valence-electron chi connectivity index (χ0n) is 9.61. The van der Waals surface area contributed by atoms with Gasteiger partial charge in [0.15, 0.2) is 0 Å². The van der Waals surface area contributed by atoms with Crippen LogP contribution in [0, 0.1) is 0 Å². The van der Waals surface area contributed by atoms with Crippen LogP contribution in [-0.2, 0) is 11.2 Å². The quantitative estimate of drug-likeness (QED) is 0.447. The molecule has 1 amide bonds. The second kappa shape index (κ2) is 6.98. The van der Waals surface area contributed by atoms with Gasteiger partial charge >= 0.3 is 12.3 Å². The van der Waals surface area contributed by atoms with Gasteiger partial charge in [0.2, 0.25) is 0 Å². The van der Waals surface area contributed by atoms with Gasteiger partial charge in [-0.05, 0) is 18.4 Å². The van der Waals surface area contributed by atoms with Gasteiger partial charge in [-0.1, -0.05) is 30.3 Å². The number of hydrogen-bond acceptors (Lipinski definition) is 2. The summed E-state index contributed by atoms with van der Waals surface area (Å²) in [7, 11) is 0. The Balaban J connectivity index is 2.64. The summed E-state index contributed by atoms with van der Waals surface area (Å²) >= 11 is 0. The number of rotatable bonds is 6. The largest absolute Gasteiger partial charge is 0.465 e. The number of ketones is 1. The predicted octanol–water partition coefficient (Wildman–Crippen LogP) is 1.13. The van der Waals surface area contributed by atoms with Crippen molar-refractivity contribution in [3.8, 4) is 0 Å². The number of benzene rings is 1. The molecule has 94 valence electrons. The fourth-order valence-corrected chi connectivity index (χ4v) is 1.54. The molecular weight excluding hydrogens is 234 g/mol. The summed E-state index contributed by atoms with van der Waals surface area (Å²) in [6, 6.07) is 8.49. The third kappa shape index (κ3) is 4.59. The predicted molar refractivity (Wildman–Crippen MR) is 64.4 cm³/mol. The Morgan fingerprint density at radius 2 is 2.06 bits per heavy atom. The van der Waals surface area contributed by atoms with Crippen molar-refractivity contribution in [1.82, 2.24) is 5.32 Å². The number of carbonyl (C=O) groups is 2. The smallest absolute Gasteiger partial charge is 0.405 e. The van der Waals surface area contributed by atoms with Crippen LogP contribution in [0.3, 0.4) is 0 Å². The maximum Gasteiger partial charge on any atom is 0.405 e. The first-order valence-corrected chi connectivity index (χ1v) is 5.38. The Kier molecular flexibility index (Phi) is 5.28. The molecule has 0 spiro atoms. The van der Waals surface area contributed by atoms with Crippen molar-refractivity contribution < 1.29 is 19.5 Å². The summed E-state index contributed by atoms with van der Waals surface area (Å²) in [5.74, 6) is -0.573. The Labute approximate surface area is 104 Å². The lowest BCUT2D eigenvalue weighted by atomic mass is 10.0. The lowest BCUT2D eigenvalue weighted by Crippen LogP contribution is -2.41. The summed E-state index contributed by atoms with van der Waals surface area (Å²) in [6.07, 6.45) is 0.275. The van der Waals surface area contributed by atoms with E-state index in [2.05, 4.69) is 10.1 Å². The Bertz CT molecular complexity index is 467. The van der Waals surface area contributed by atoms with Gasteiger partial charge in [-0.2, -0.15) is 4.79 Å². The molecule has 0 aromatic heterocycles. The molecule has 1 aromatic carbocycles. The van der Waals surface area contributed by atoms with Crippen molar-refractivity contribution in [3.05, 3.63) is 41.4 Å². The number of nitrogens with zero attached hydrogens (tertiary/aromatic N) is 2. The molecule has 2 N–H and O–H groups in total. The molecule has 0 saturated carbocycles. The number of Topliss-reactive ketones (excluding diaryl/α,β-unsaturated/α-hetero) is 1. The summed E-state index contributed by atoms with van der Waals surface area (Å²) in [6.45, 7) is 0. The summed E-state index contributed by atoms with van der Waals surface area (Å²) in [5.41, 5.74) is 9.28. The van der Waals surface area contributed by atoms with Gasteiger partial charge in [0.1, 0.15) is 6.04 Å². The number of amides is 1. The molecular formula is C12H13N3O3. The van der Waals surface area contributed by atoms with Gasteiger partial charge in [-0.25, -0.2) is 4.79 Å². The third-order valence-electron chi connectivity index (χ3n) is 2.39. The van der Waals surface area contributed by atoms with Crippen LogP contribution in [0.4, 0.5) is 4.79 Å². The monoisotopic (exact) mass is 247 g/mol.